The highest BCUT2D eigenvalue weighted by atomic mass is 35.5. The minimum absolute atomic E-state index is 0.0228. The fourth-order valence-electron chi connectivity index (χ4n) is 0.545. The van der Waals surface area contributed by atoms with E-state index >= 15 is 0 Å². The molecule has 0 aromatic rings. The van der Waals surface area contributed by atoms with Crippen LogP contribution in [0.3, 0.4) is 0 Å². The lowest BCUT2D eigenvalue weighted by atomic mass is 10.5. The summed E-state index contributed by atoms with van der Waals surface area (Å²) in [6.07, 6.45) is 0. The summed E-state index contributed by atoms with van der Waals surface area (Å²) in [5.41, 5.74) is 0. The van der Waals surface area contributed by atoms with Gasteiger partial charge in [-0.1, -0.05) is 0 Å². The molecule has 0 bridgehead atoms. The van der Waals surface area contributed by atoms with E-state index in [0.717, 1.165) is 0 Å². The Balaban J connectivity index is 3.68. The van der Waals surface area contributed by atoms with Gasteiger partial charge in [-0.3, -0.25) is 9.59 Å². The quantitative estimate of drug-likeness (QED) is 0.489. The molecular weight excluding hydrogens is 180 g/mol. The summed E-state index contributed by atoms with van der Waals surface area (Å²) in [5, 5.41) is -0.507. The minimum Gasteiger partial charge on any atom is -0.344 e. The SMILES string of the molecule is CC(=O)N(C)CCN(C)C(=O)Cl. The number of carbonyl (C=O) groups excluding carboxylic acids is 2. The third-order valence-corrected chi connectivity index (χ3v) is 1.90. The summed E-state index contributed by atoms with van der Waals surface area (Å²) in [6.45, 7) is 2.44. The summed E-state index contributed by atoms with van der Waals surface area (Å²) in [7, 11) is 3.26. The predicted molar refractivity (Wildman–Crippen MR) is 47.2 cm³/mol. The van der Waals surface area contributed by atoms with Crippen molar-refractivity contribution in [2.75, 3.05) is 27.2 Å². The van der Waals surface area contributed by atoms with Crippen molar-refractivity contribution in [3.8, 4) is 0 Å². The fraction of sp³-hybridized carbons (Fsp3) is 0.714. The second kappa shape index (κ2) is 4.98. The van der Waals surface area contributed by atoms with E-state index in [1.807, 2.05) is 0 Å². The number of likely N-dealkylation sites (N-methyl/N-ethyl adjacent to an activating group) is 2. The van der Waals surface area contributed by atoms with Crippen molar-refractivity contribution < 1.29 is 9.59 Å². The molecule has 0 atom stereocenters. The molecule has 0 spiro atoms. The summed E-state index contributed by atoms with van der Waals surface area (Å²) in [5.74, 6) is -0.0228. The molecule has 70 valence electrons. The highest BCUT2D eigenvalue weighted by Gasteiger charge is 2.06. The molecule has 0 saturated carbocycles. The summed E-state index contributed by atoms with van der Waals surface area (Å²) < 4.78 is 0. The third kappa shape index (κ3) is 4.18. The Labute approximate surface area is 77.1 Å². The molecule has 5 heteroatoms. The van der Waals surface area contributed by atoms with Crippen LogP contribution in [0.2, 0.25) is 0 Å². The van der Waals surface area contributed by atoms with Gasteiger partial charge in [-0.05, 0) is 11.6 Å². The molecule has 0 unspecified atom stereocenters. The van der Waals surface area contributed by atoms with E-state index < -0.39 is 5.37 Å². The van der Waals surface area contributed by atoms with Crippen LogP contribution in [0.4, 0.5) is 4.79 Å². The molecule has 12 heavy (non-hydrogen) atoms. The van der Waals surface area contributed by atoms with Crippen molar-refractivity contribution in [3.05, 3.63) is 0 Å². The molecule has 0 aromatic carbocycles. The van der Waals surface area contributed by atoms with Crippen molar-refractivity contribution in [2.24, 2.45) is 0 Å². The Bertz CT molecular complexity index is 164. The zero-order valence-corrected chi connectivity index (χ0v) is 8.26. The molecule has 0 N–H and O–H groups in total. The zero-order chi connectivity index (χ0) is 9.72. The van der Waals surface area contributed by atoms with Gasteiger partial charge in [0.1, 0.15) is 0 Å². The Morgan fingerprint density at radius 1 is 1.17 bits per heavy atom. The van der Waals surface area contributed by atoms with Crippen LogP contribution in [0.25, 0.3) is 0 Å². The second-order valence-electron chi connectivity index (χ2n) is 2.62. The van der Waals surface area contributed by atoms with Gasteiger partial charge in [0.2, 0.25) is 5.91 Å². The minimum atomic E-state index is -0.507. The van der Waals surface area contributed by atoms with Gasteiger partial charge in [-0.2, -0.15) is 0 Å². The standard InChI is InChI=1S/C7H13ClN2O2/c1-6(11)9(2)4-5-10(3)7(8)12/h4-5H2,1-3H3. The van der Waals surface area contributed by atoms with E-state index in [-0.39, 0.29) is 5.91 Å². The molecule has 0 radical (unpaired) electrons. The predicted octanol–water partition coefficient (Wildman–Crippen LogP) is 0.755. The molecule has 2 amide bonds. The molecule has 0 saturated heterocycles. The average molecular weight is 193 g/mol. The molecule has 4 nitrogen and oxygen atoms in total. The zero-order valence-electron chi connectivity index (χ0n) is 7.50. The maximum Gasteiger partial charge on any atom is 0.316 e. The van der Waals surface area contributed by atoms with Gasteiger partial charge < -0.3 is 9.80 Å². The van der Waals surface area contributed by atoms with E-state index in [1.54, 1.807) is 14.1 Å². The first-order valence-corrected chi connectivity index (χ1v) is 3.95. The number of rotatable bonds is 3. The van der Waals surface area contributed by atoms with E-state index in [0.29, 0.717) is 13.1 Å². The number of hydrogen-bond acceptors (Lipinski definition) is 2. The van der Waals surface area contributed by atoms with Gasteiger partial charge >= 0.3 is 5.37 Å². The lowest BCUT2D eigenvalue weighted by Gasteiger charge is -2.19. The van der Waals surface area contributed by atoms with E-state index in [1.165, 1.54) is 16.7 Å². The largest absolute Gasteiger partial charge is 0.344 e. The van der Waals surface area contributed by atoms with Crippen LogP contribution in [0.5, 0.6) is 0 Å². The van der Waals surface area contributed by atoms with Gasteiger partial charge in [-0.15, -0.1) is 0 Å². The van der Waals surface area contributed by atoms with Crippen molar-refractivity contribution in [1.29, 1.82) is 0 Å². The smallest absolute Gasteiger partial charge is 0.316 e. The van der Waals surface area contributed by atoms with E-state index in [9.17, 15) is 9.59 Å². The summed E-state index contributed by atoms with van der Waals surface area (Å²) in [4.78, 5) is 24.1. The molecular formula is C7H13ClN2O2. The highest BCUT2D eigenvalue weighted by molar-refractivity contribution is 6.62. The van der Waals surface area contributed by atoms with Crippen molar-refractivity contribution in [1.82, 2.24) is 9.80 Å². The summed E-state index contributed by atoms with van der Waals surface area (Å²) in [6, 6.07) is 0. The van der Waals surface area contributed by atoms with Crippen molar-refractivity contribution in [2.45, 2.75) is 6.92 Å². The van der Waals surface area contributed by atoms with Gasteiger partial charge in [-0.25, -0.2) is 0 Å². The number of amides is 2. The normalized spacial score (nSPS) is 9.33. The third-order valence-electron chi connectivity index (χ3n) is 1.61. The lowest BCUT2D eigenvalue weighted by molar-refractivity contribution is -0.127. The fourth-order valence-corrected chi connectivity index (χ4v) is 0.630. The Morgan fingerprint density at radius 3 is 1.92 bits per heavy atom. The lowest BCUT2D eigenvalue weighted by Crippen LogP contribution is -2.34. The number of halogens is 1. The molecule has 0 aromatic heterocycles. The maximum absolute atomic E-state index is 10.7. The van der Waals surface area contributed by atoms with Crippen LogP contribution in [0, 0.1) is 0 Å². The van der Waals surface area contributed by atoms with Crippen LogP contribution in [-0.2, 0) is 4.79 Å². The Morgan fingerprint density at radius 2 is 1.58 bits per heavy atom. The summed E-state index contributed by atoms with van der Waals surface area (Å²) >= 11 is 5.17. The van der Waals surface area contributed by atoms with Crippen molar-refractivity contribution >= 4 is 22.9 Å². The first-order chi connectivity index (χ1) is 5.45. The van der Waals surface area contributed by atoms with Crippen LogP contribution in [0.1, 0.15) is 6.92 Å². The number of carbonyl (C=O) groups is 2. The first kappa shape index (κ1) is 11.2. The van der Waals surface area contributed by atoms with Gasteiger partial charge in [0.15, 0.2) is 0 Å². The maximum atomic E-state index is 10.7. The molecule has 0 aliphatic carbocycles. The number of nitrogens with zero attached hydrogens (tertiary/aromatic N) is 2. The van der Waals surface area contributed by atoms with Crippen LogP contribution in [-0.4, -0.2) is 48.3 Å². The second-order valence-corrected chi connectivity index (χ2v) is 2.94. The monoisotopic (exact) mass is 192 g/mol. The molecule has 0 aliphatic rings. The molecule has 0 rings (SSSR count). The average Bonchev–Trinajstić information content (AvgIpc) is 1.98. The van der Waals surface area contributed by atoms with Crippen LogP contribution in [0.15, 0.2) is 0 Å². The van der Waals surface area contributed by atoms with Crippen molar-refractivity contribution in [3.63, 3.8) is 0 Å². The van der Waals surface area contributed by atoms with Crippen LogP contribution < -0.4 is 0 Å². The Hall–Kier alpha value is -0.770. The molecule has 0 heterocycles. The van der Waals surface area contributed by atoms with E-state index in [2.05, 4.69) is 0 Å². The molecule has 0 fully saturated rings. The Kier molecular flexibility index (Phi) is 4.66. The van der Waals surface area contributed by atoms with Gasteiger partial charge in [0, 0.05) is 34.1 Å². The van der Waals surface area contributed by atoms with E-state index in [4.69, 9.17) is 11.6 Å². The van der Waals surface area contributed by atoms with Gasteiger partial charge in [0.25, 0.3) is 0 Å². The number of hydrogen-bond donors (Lipinski definition) is 0. The topological polar surface area (TPSA) is 40.6 Å². The van der Waals surface area contributed by atoms with Gasteiger partial charge in [0.05, 0.1) is 0 Å². The molecule has 0 aliphatic heterocycles. The highest BCUT2D eigenvalue weighted by Crippen LogP contribution is 1.92. The van der Waals surface area contributed by atoms with Crippen LogP contribution >= 0.6 is 11.6 Å². The first-order valence-electron chi connectivity index (χ1n) is 3.57.